The molecule has 0 amide bonds. The lowest BCUT2D eigenvalue weighted by atomic mass is 9.81. The molecule has 0 radical (unpaired) electrons. The van der Waals surface area contributed by atoms with E-state index in [0.717, 1.165) is 5.56 Å². The summed E-state index contributed by atoms with van der Waals surface area (Å²) in [6, 6.07) is 4.88. The van der Waals surface area contributed by atoms with E-state index in [9.17, 15) is 4.39 Å². The van der Waals surface area contributed by atoms with E-state index in [4.69, 9.17) is 22.2 Å². The van der Waals surface area contributed by atoms with E-state index >= 15 is 0 Å². The van der Waals surface area contributed by atoms with Gasteiger partial charge in [0.15, 0.2) is 0 Å². The van der Waals surface area contributed by atoms with Crippen molar-refractivity contribution in [3.8, 4) is 0 Å². The number of hydrogen-bond donors (Lipinski definition) is 2. The summed E-state index contributed by atoms with van der Waals surface area (Å²) in [6.45, 7) is 6.34. The summed E-state index contributed by atoms with van der Waals surface area (Å²) in [4.78, 5) is 0. The monoisotopic (exact) mass is 300 g/mol. The number of halogens is 2. The summed E-state index contributed by atoms with van der Waals surface area (Å²) in [5.41, 5.74) is 3.86. The molecule has 2 rings (SSSR count). The minimum absolute atomic E-state index is 0.0754. The Morgan fingerprint density at radius 1 is 1.35 bits per heavy atom. The molecule has 5 atom stereocenters. The fourth-order valence-electron chi connectivity index (χ4n) is 3.21. The summed E-state index contributed by atoms with van der Waals surface area (Å²) in [6.07, 6.45) is 1.07. The summed E-state index contributed by atoms with van der Waals surface area (Å²) in [5, 5.41) is 0.149. The van der Waals surface area contributed by atoms with E-state index < -0.39 is 5.82 Å². The van der Waals surface area contributed by atoms with Gasteiger partial charge in [0.1, 0.15) is 5.82 Å². The van der Waals surface area contributed by atoms with Crippen LogP contribution in [0.2, 0.25) is 5.02 Å². The zero-order valence-electron chi connectivity index (χ0n) is 12.1. The molecular formula is C15H22ClFN2O. The van der Waals surface area contributed by atoms with Crippen molar-refractivity contribution in [2.45, 2.75) is 45.4 Å². The topological polar surface area (TPSA) is 47.3 Å². The Hall–Kier alpha value is -0.680. The molecule has 1 saturated heterocycles. The lowest BCUT2D eigenvalue weighted by Gasteiger charge is -2.28. The van der Waals surface area contributed by atoms with E-state index in [2.05, 4.69) is 26.2 Å². The second-order valence-electron chi connectivity index (χ2n) is 5.71. The van der Waals surface area contributed by atoms with Crippen molar-refractivity contribution in [2.24, 2.45) is 17.7 Å². The van der Waals surface area contributed by atoms with Crippen molar-refractivity contribution < 1.29 is 9.13 Å². The fourth-order valence-corrected chi connectivity index (χ4v) is 3.42. The third kappa shape index (κ3) is 3.14. The van der Waals surface area contributed by atoms with Gasteiger partial charge in [-0.25, -0.2) is 4.39 Å². The zero-order valence-corrected chi connectivity index (χ0v) is 12.8. The summed E-state index contributed by atoms with van der Waals surface area (Å²) >= 11 is 5.83. The molecular weight excluding hydrogens is 279 g/mol. The van der Waals surface area contributed by atoms with E-state index in [1.807, 2.05) is 0 Å². The fraction of sp³-hybridized carbons (Fsp3) is 0.600. The molecule has 1 aromatic carbocycles. The Balaban J connectivity index is 2.14. The van der Waals surface area contributed by atoms with Crippen LogP contribution in [0.5, 0.6) is 0 Å². The number of rotatable bonds is 4. The van der Waals surface area contributed by atoms with Crippen molar-refractivity contribution in [2.75, 3.05) is 0 Å². The molecule has 0 saturated carbocycles. The van der Waals surface area contributed by atoms with Crippen molar-refractivity contribution in [1.29, 1.82) is 0 Å². The average molecular weight is 301 g/mol. The molecule has 3 N–H and O–H groups in total. The lowest BCUT2D eigenvalue weighted by molar-refractivity contribution is 0.0476. The number of nitrogens with one attached hydrogen (secondary N) is 1. The van der Waals surface area contributed by atoms with Crippen LogP contribution in [-0.4, -0.2) is 18.2 Å². The highest BCUT2D eigenvalue weighted by Crippen LogP contribution is 2.35. The molecule has 112 valence electrons. The van der Waals surface area contributed by atoms with Gasteiger partial charge in [-0.1, -0.05) is 24.6 Å². The van der Waals surface area contributed by atoms with Gasteiger partial charge in [0.25, 0.3) is 0 Å². The maximum Gasteiger partial charge on any atom is 0.141 e. The van der Waals surface area contributed by atoms with Crippen LogP contribution in [-0.2, 0) is 11.2 Å². The lowest BCUT2D eigenvalue weighted by Crippen LogP contribution is -2.46. The van der Waals surface area contributed by atoms with Crippen molar-refractivity contribution in [1.82, 2.24) is 5.43 Å². The van der Waals surface area contributed by atoms with Gasteiger partial charge in [0.05, 0.1) is 17.2 Å². The normalized spacial score (nSPS) is 31.5. The SMILES string of the molecule is CC1OC(C)C(C(Cc2ccc(F)c(Cl)c2)NN)C1C. The minimum atomic E-state index is -0.396. The largest absolute Gasteiger partial charge is 0.375 e. The third-order valence-electron chi connectivity index (χ3n) is 4.44. The molecule has 1 heterocycles. The first kappa shape index (κ1) is 15.7. The molecule has 5 heteroatoms. The Kier molecular flexibility index (Phi) is 5.02. The molecule has 20 heavy (non-hydrogen) atoms. The Morgan fingerprint density at radius 2 is 2.05 bits per heavy atom. The molecule has 1 aromatic rings. The summed E-state index contributed by atoms with van der Waals surface area (Å²) in [5.74, 6) is 6.07. The number of ether oxygens (including phenoxy) is 1. The van der Waals surface area contributed by atoms with E-state index in [0.29, 0.717) is 18.3 Å². The van der Waals surface area contributed by atoms with E-state index in [1.54, 1.807) is 12.1 Å². The molecule has 1 aliphatic rings. The molecule has 0 aromatic heterocycles. The van der Waals surface area contributed by atoms with Gasteiger partial charge in [-0.15, -0.1) is 0 Å². The van der Waals surface area contributed by atoms with E-state index in [-0.39, 0.29) is 23.3 Å². The predicted molar refractivity (Wildman–Crippen MR) is 78.9 cm³/mol. The maximum atomic E-state index is 13.2. The molecule has 3 nitrogen and oxygen atoms in total. The van der Waals surface area contributed by atoms with Gasteiger partial charge in [0, 0.05) is 12.0 Å². The number of benzene rings is 1. The highest BCUT2D eigenvalue weighted by molar-refractivity contribution is 6.30. The first-order valence-electron chi connectivity index (χ1n) is 6.99. The van der Waals surface area contributed by atoms with Crippen LogP contribution in [0.15, 0.2) is 18.2 Å². The summed E-state index contributed by atoms with van der Waals surface area (Å²) < 4.78 is 19.1. The first-order valence-corrected chi connectivity index (χ1v) is 7.37. The van der Waals surface area contributed by atoms with Crippen LogP contribution in [0, 0.1) is 17.7 Å². The number of hydrogen-bond acceptors (Lipinski definition) is 3. The molecule has 1 aliphatic heterocycles. The third-order valence-corrected chi connectivity index (χ3v) is 4.73. The van der Waals surface area contributed by atoms with Gasteiger partial charge in [-0.2, -0.15) is 0 Å². The van der Waals surface area contributed by atoms with Crippen molar-refractivity contribution in [3.05, 3.63) is 34.6 Å². The van der Waals surface area contributed by atoms with Crippen molar-refractivity contribution >= 4 is 11.6 Å². The minimum Gasteiger partial charge on any atom is -0.375 e. The van der Waals surface area contributed by atoms with Gasteiger partial charge in [-0.3, -0.25) is 11.3 Å². The van der Waals surface area contributed by atoms with Gasteiger partial charge >= 0.3 is 0 Å². The average Bonchev–Trinajstić information content (AvgIpc) is 2.65. The number of nitrogens with two attached hydrogens (primary N) is 1. The standard InChI is InChI=1S/C15H22ClFN2O/c1-8-9(2)20-10(3)15(8)14(19-18)7-11-4-5-13(17)12(16)6-11/h4-6,8-10,14-15,19H,7,18H2,1-3H3. The second kappa shape index (κ2) is 6.39. The van der Waals surface area contributed by atoms with E-state index in [1.165, 1.54) is 6.07 Å². The smallest absolute Gasteiger partial charge is 0.141 e. The maximum absolute atomic E-state index is 13.2. The molecule has 0 bridgehead atoms. The van der Waals surface area contributed by atoms with Crippen LogP contribution in [0.3, 0.4) is 0 Å². The van der Waals surface area contributed by atoms with Gasteiger partial charge in [0.2, 0.25) is 0 Å². The number of hydrazine groups is 1. The van der Waals surface area contributed by atoms with Gasteiger partial charge in [-0.05, 0) is 43.9 Å². The van der Waals surface area contributed by atoms with Crippen LogP contribution in [0.4, 0.5) is 4.39 Å². The van der Waals surface area contributed by atoms with Crippen LogP contribution < -0.4 is 11.3 Å². The quantitative estimate of drug-likeness (QED) is 0.664. The Bertz CT molecular complexity index is 471. The molecule has 5 unspecified atom stereocenters. The van der Waals surface area contributed by atoms with Gasteiger partial charge < -0.3 is 4.74 Å². The highest BCUT2D eigenvalue weighted by atomic mass is 35.5. The summed E-state index contributed by atoms with van der Waals surface area (Å²) in [7, 11) is 0. The second-order valence-corrected chi connectivity index (χ2v) is 6.12. The zero-order chi connectivity index (χ0) is 14.9. The first-order chi connectivity index (χ1) is 9.43. The van der Waals surface area contributed by atoms with Crippen molar-refractivity contribution in [3.63, 3.8) is 0 Å². The Morgan fingerprint density at radius 3 is 2.55 bits per heavy atom. The van der Waals surface area contributed by atoms with Crippen LogP contribution in [0.1, 0.15) is 26.3 Å². The molecule has 1 fully saturated rings. The Labute approximate surface area is 124 Å². The molecule has 0 aliphatic carbocycles. The predicted octanol–water partition coefficient (Wildman–Crippen LogP) is 2.91. The van der Waals surface area contributed by atoms with Crippen LogP contribution in [0.25, 0.3) is 0 Å². The highest BCUT2D eigenvalue weighted by Gasteiger charge is 2.41. The molecule has 0 spiro atoms. The van der Waals surface area contributed by atoms with Crippen LogP contribution >= 0.6 is 11.6 Å².